The van der Waals surface area contributed by atoms with Crippen molar-refractivity contribution in [1.29, 1.82) is 0 Å². The first-order valence-corrected chi connectivity index (χ1v) is 6.72. The van der Waals surface area contributed by atoms with Gasteiger partial charge in [-0.2, -0.15) is 13.2 Å². The maximum Gasteiger partial charge on any atom is 0.417 e. The van der Waals surface area contributed by atoms with Crippen molar-refractivity contribution in [2.24, 2.45) is 5.92 Å². The molecule has 6 heteroatoms. The fourth-order valence-corrected chi connectivity index (χ4v) is 2.65. The number of carbonyl (C=O) groups excluding carboxylic acids is 1. The second kappa shape index (κ2) is 5.15. The van der Waals surface area contributed by atoms with Crippen molar-refractivity contribution in [2.75, 3.05) is 18.0 Å². The third-order valence-corrected chi connectivity index (χ3v) is 3.98. The summed E-state index contributed by atoms with van der Waals surface area (Å²) in [5.41, 5.74) is -0.176. The Balaban J connectivity index is 2.29. The summed E-state index contributed by atoms with van der Waals surface area (Å²) in [5, 5.41) is 0. The van der Waals surface area contributed by atoms with Crippen LogP contribution < -0.4 is 4.90 Å². The Morgan fingerprint density at radius 2 is 2.05 bits per heavy atom. The lowest BCUT2D eigenvalue weighted by Crippen LogP contribution is -2.39. The fraction of sp³-hybridized carbons (Fsp3) is 0.462. The number of nitrogens with zero attached hydrogens (tertiary/aromatic N) is 1. The number of alkyl halides is 3. The molecule has 1 aromatic carbocycles. The Hall–Kier alpha value is -1.04. The molecule has 1 heterocycles. The van der Waals surface area contributed by atoms with Crippen LogP contribution in [0.3, 0.4) is 0 Å². The molecule has 0 aliphatic carbocycles. The van der Waals surface area contributed by atoms with Gasteiger partial charge in [-0.3, -0.25) is 4.79 Å². The highest BCUT2D eigenvalue weighted by Gasteiger charge is 2.34. The molecule has 0 aromatic heterocycles. The average Bonchev–Trinajstić information content (AvgIpc) is 2.32. The summed E-state index contributed by atoms with van der Waals surface area (Å²) in [4.78, 5) is 13.3. The van der Waals surface area contributed by atoms with Gasteiger partial charge in [0.1, 0.15) is 5.78 Å². The average molecular weight is 336 g/mol. The van der Waals surface area contributed by atoms with Crippen LogP contribution in [0.2, 0.25) is 0 Å². The Labute approximate surface area is 117 Å². The lowest BCUT2D eigenvalue weighted by molar-refractivity contribution is -0.138. The highest BCUT2D eigenvalue weighted by Crippen LogP contribution is 2.37. The van der Waals surface area contributed by atoms with Crippen molar-refractivity contribution < 1.29 is 18.0 Å². The first-order valence-electron chi connectivity index (χ1n) is 5.93. The molecule has 2 nitrogen and oxygen atoms in total. The largest absolute Gasteiger partial charge is 0.417 e. The zero-order chi connectivity index (χ0) is 14.2. The van der Waals surface area contributed by atoms with Crippen molar-refractivity contribution in [3.63, 3.8) is 0 Å². The van der Waals surface area contributed by atoms with Crippen LogP contribution in [-0.2, 0) is 11.0 Å². The molecule has 0 saturated carbocycles. The fourth-order valence-electron chi connectivity index (χ4n) is 2.18. The molecular weight excluding hydrogens is 323 g/mol. The van der Waals surface area contributed by atoms with E-state index in [1.807, 2.05) is 4.90 Å². The third-order valence-electron chi connectivity index (χ3n) is 3.29. The van der Waals surface area contributed by atoms with E-state index in [-0.39, 0.29) is 16.2 Å². The zero-order valence-electron chi connectivity index (χ0n) is 10.3. The smallest absolute Gasteiger partial charge is 0.370 e. The number of ketones is 1. The van der Waals surface area contributed by atoms with Crippen molar-refractivity contribution in [3.05, 3.63) is 28.2 Å². The molecule has 1 saturated heterocycles. The van der Waals surface area contributed by atoms with E-state index in [0.717, 1.165) is 6.07 Å². The zero-order valence-corrected chi connectivity index (χ0v) is 11.9. The Bertz CT molecular complexity index is 501. The summed E-state index contributed by atoms with van der Waals surface area (Å²) in [5.74, 6) is 0.0381. The van der Waals surface area contributed by atoms with E-state index >= 15 is 0 Å². The van der Waals surface area contributed by atoms with Crippen LogP contribution in [0.5, 0.6) is 0 Å². The highest BCUT2D eigenvalue weighted by molar-refractivity contribution is 9.10. The predicted octanol–water partition coefficient (Wildman–Crippen LogP) is 3.88. The van der Waals surface area contributed by atoms with E-state index in [2.05, 4.69) is 15.9 Å². The molecule has 0 radical (unpaired) electrons. The molecule has 0 spiro atoms. The van der Waals surface area contributed by atoms with Crippen molar-refractivity contribution in [1.82, 2.24) is 0 Å². The summed E-state index contributed by atoms with van der Waals surface area (Å²) >= 11 is 2.92. The normalized spacial score (nSPS) is 20.8. The second-order valence-corrected chi connectivity index (χ2v) is 5.58. The number of benzene rings is 1. The maximum atomic E-state index is 12.8. The van der Waals surface area contributed by atoms with Gasteiger partial charge in [-0.25, -0.2) is 0 Å². The molecule has 1 atom stereocenters. The van der Waals surface area contributed by atoms with E-state index in [9.17, 15) is 18.0 Å². The van der Waals surface area contributed by atoms with Crippen LogP contribution in [0.15, 0.2) is 22.7 Å². The number of Topliss-reactive ketones (excluding diaryl/α,β-unsaturated/α-hetero) is 1. The van der Waals surface area contributed by atoms with Gasteiger partial charge < -0.3 is 4.90 Å². The lowest BCUT2D eigenvalue weighted by atomic mass is 9.98. The monoisotopic (exact) mass is 335 g/mol. The molecule has 2 rings (SSSR count). The van der Waals surface area contributed by atoms with Crippen LogP contribution in [0.1, 0.15) is 18.9 Å². The minimum atomic E-state index is -4.38. The quantitative estimate of drug-likeness (QED) is 0.776. The molecule has 0 bridgehead atoms. The topological polar surface area (TPSA) is 20.3 Å². The van der Waals surface area contributed by atoms with Crippen LogP contribution in [0.25, 0.3) is 0 Å². The predicted molar refractivity (Wildman–Crippen MR) is 70.1 cm³/mol. The van der Waals surface area contributed by atoms with Crippen LogP contribution in [0, 0.1) is 5.92 Å². The van der Waals surface area contributed by atoms with E-state index in [1.165, 1.54) is 6.07 Å². The standard InChI is InChI=1S/C13H13BrF3NO/c1-8-7-18(5-4-12(8)19)9-2-3-11(14)10(6-9)13(15,16)17/h2-3,6,8H,4-5,7H2,1H3. The van der Waals surface area contributed by atoms with Crippen molar-refractivity contribution in [3.8, 4) is 0 Å². The number of rotatable bonds is 1. The summed E-state index contributed by atoms with van der Waals surface area (Å²) in [6, 6.07) is 4.17. The minimum absolute atomic E-state index is 0.0323. The summed E-state index contributed by atoms with van der Waals surface area (Å²) in [6.07, 6.45) is -4.00. The number of anilines is 1. The third kappa shape index (κ3) is 3.11. The molecule has 1 fully saturated rings. The molecule has 1 aromatic rings. The van der Waals surface area contributed by atoms with Gasteiger partial charge in [0.25, 0.3) is 0 Å². The number of piperidine rings is 1. The SMILES string of the molecule is CC1CN(c2ccc(Br)c(C(F)(F)F)c2)CCC1=O. The molecule has 1 aliphatic heterocycles. The molecular formula is C13H13BrF3NO. The van der Waals surface area contributed by atoms with E-state index in [0.29, 0.717) is 25.2 Å². The molecule has 19 heavy (non-hydrogen) atoms. The van der Waals surface area contributed by atoms with Gasteiger partial charge in [-0.05, 0) is 18.2 Å². The van der Waals surface area contributed by atoms with Crippen LogP contribution in [0.4, 0.5) is 18.9 Å². The van der Waals surface area contributed by atoms with E-state index in [1.54, 1.807) is 13.0 Å². The lowest BCUT2D eigenvalue weighted by Gasteiger charge is -2.32. The Morgan fingerprint density at radius 3 is 2.63 bits per heavy atom. The summed E-state index contributed by atoms with van der Waals surface area (Å²) in [6.45, 7) is 2.75. The summed E-state index contributed by atoms with van der Waals surface area (Å²) < 4.78 is 38.5. The first kappa shape index (κ1) is 14.4. The van der Waals surface area contributed by atoms with Gasteiger partial charge in [0.2, 0.25) is 0 Å². The second-order valence-electron chi connectivity index (χ2n) is 4.73. The van der Waals surface area contributed by atoms with Crippen LogP contribution >= 0.6 is 15.9 Å². The molecule has 1 aliphatic rings. The molecule has 0 amide bonds. The van der Waals surface area contributed by atoms with E-state index < -0.39 is 11.7 Å². The Kier molecular flexibility index (Phi) is 3.90. The van der Waals surface area contributed by atoms with Gasteiger partial charge in [-0.1, -0.05) is 22.9 Å². The van der Waals surface area contributed by atoms with Gasteiger partial charge in [0.15, 0.2) is 0 Å². The number of halogens is 4. The number of carbonyl (C=O) groups is 1. The van der Waals surface area contributed by atoms with Gasteiger partial charge in [0.05, 0.1) is 5.56 Å². The Morgan fingerprint density at radius 1 is 1.37 bits per heavy atom. The van der Waals surface area contributed by atoms with Crippen LogP contribution in [-0.4, -0.2) is 18.9 Å². The van der Waals surface area contributed by atoms with Gasteiger partial charge in [-0.15, -0.1) is 0 Å². The minimum Gasteiger partial charge on any atom is -0.370 e. The number of hydrogen-bond acceptors (Lipinski definition) is 2. The molecule has 0 N–H and O–H groups in total. The summed E-state index contributed by atoms with van der Waals surface area (Å²) in [7, 11) is 0. The maximum absolute atomic E-state index is 12.8. The molecule has 104 valence electrons. The number of hydrogen-bond donors (Lipinski definition) is 0. The molecule has 1 unspecified atom stereocenters. The van der Waals surface area contributed by atoms with Gasteiger partial charge >= 0.3 is 6.18 Å². The first-order chi connectivity index (χ1) is 8.79. The van der Waals surface area contributed by atoms with Crippen molar-refractivity contribution in [2.45, 2.75) is 19.5 Å². The van der Waals surface area contributed by atoms with E-state index in [4.69, 9.17) is 0 Å². The van der Waals surface area contributed by atoms with Gasteiger partial charge in [0, 0.05) is 35.6 Å². The van der Waals surface area contributed by atoms with Crippen molar-refractivity contribution >= 4 is 27.4 Å². The highest BCUT2D eigenvalue weighted by atomic mass is 79.9.